The van der Waals surface area contributed by atoms with Crippen LogP contribution < -0.4 is 14.8 Å². The average Bonchev–Trinajstić information content (AvgIpc) is 3.71. The van der Waals surface area contributed by atoms with Crippen molar-refractivity contribution in [2.24, 2.45) is 0 Å². The number of fused-ring (bicyclic) bond motifs is 6. The van der Waals surface area contributed by atoms with E-state index in [2.05, 4.69) is 26.7 Å². The van der Waals surface area contributed by atoms with Crippen molar-refractivity contribution < 1.29 is 32.3 Å². The first kappa shape index (κ1) is 31.6. The van der Waals surface area contributed by atoms with Crippen LogP contribution >= 0.6 is 0 Å². The lowest BCUT2D eigenvalue weighted by molar-refractivity contribution is -0.148. The van der Waals surface area contributed by atoms with E-state index in [0.717, 1.165) is 69.1 Å². The van der Waals surface area contributed by atoms with Gasteiger partial charge in [-0.05, 0) is 59.6 Å². The lowest BCUT2D eigenvalue weighted by Gasteiger charge is -2.33. The van der Waals surface area contributed by atoms with Crippen LogP contribution in [0.25, 0.3) is 10.9 Å². The van der Waals surface area contributed by atoms with Crippen molar-refractivity contribution in [3.05, 3.63) is 63.9 Å². The second-order valence-electron chi connectivity index (χ2n) is 13.1. The SMILES string of the molecule is COc1ccc(C2CCCCC2)c2c1cc1n2CC2=C(C(=O)NS(=O)(=O)N(C)C)C2=C2C=CC[C@@H](NC(=O)C(=O)N3CCOCC3)C21. The lowest BCUT2D eigenvalue weighted by atomic mass is 9.81. The van der Waals surface area contributed by atoms with Crippen molar-refractivity contribution in [3.8, 4) is 5.75 Å². The number of ether oxygens (including phenoxy) is 2. The zero-order chi connectivity index (χ0) is 33.0. The Morgan fingerprint density at radius 1 is 1.06 bits per heavy atom. The highest BCUT2D eigenvalue weighted by atomic mass is 32.2. The summed E-state index contributed by atoms with van der Waals surface area (Å²) in [6.45, 7) is 1.85. The van der Waals surface area contributed by atoms with Gasteiger partial charge in [0.25, 0.3) is 5.91 Å². The van der Waals surface area contributed by atoms with Crippen LogP contribution in [0.5, 0.6) is 5.75 Å². The molecule has 3 heterocycles. The van der Waals surface area contributed by atoms with Crippen LogP contribution in [-0.2, 0) is 35.9 Å². The Morgan fingerprint density at radius 2 is 1.81 bits per heavy atom. The topological polar surface area (TPSA) is 139 Å². The predicted octanol–water partition coefficient (Wildman–Crippen LogP) is 2.63. The molecule has 3 aliphatic carbocycles. The molecule has 0 spiro atoms. The largest absolute Gasteiger partial charge is 0.496 e. The minimum atomic E-state index is -4.02. The number of benzene rings is 1. The molecular formula is C34H41N5O7S. The molecule has 1 saturated heterocycles. The number of carbonyl (C=O) groups excluding carboxylic acids is 3. The maximum atomic E-state index is 13.5. The Balaban J connectivity index is 1.35. The molecule has 1 aromatic carbocycles. The molecule has 2 aromatic rings. The molecule has 13 heteroatoms. The quantitative estimate of drug-likeness (QED) is 0.453. The highest BCUT2D eigenvalue weighted by molar-refractivity contribution is 7.87. The third-order valence-corrected chi connectivity index (χ3v) is 11.6. The second-order valence-corrected chi connectivity index (χ2v) is 15.0. The van der Waals surface area contributed by atoms with E-state index in [9.17, 15) is 22.8 Å². The van der Waals surface area contributed by atoms with Crippen molar-refractivity contribution in [1.29, 1.82) is 0 Å². The molecule has 47 heavy (non-hydrogen) atoms. The van der Waals surface area contributed by atoms with Gasteiger partial charge >= 0.3 is 22.0 Å². The maximum Gasteiger partial charge on any atom is 0.312 e. The Hall–Kier alpha value is -3.94. The maximum absolute atomic E-state index is 13.5. The molecule has 2 atom stereocenters. The van der Waals surface area contributed by atoms with Crippen LogP contribution in [0.1, 0.15) is 61.6 Å². The summed E-state index contributed by atoms with van der Waals surface area (Å²) in [5.74, 6) is -1.24. The highest BCUT2D eigenvalue weighted by Gasteiger charge is 2.47. The van der Waals surface area contributed by atoms with E-state index in [0.29, 0.717) is 50.8 Å². The first-order valence-electron chi connectivity index (χ1n) is 16.4. The summed E-state index contributed by atoms with van der Waals surface area (Å²) in [5, 5.41) is 4.01. The molecule has 3 amide bonds. The second kappa shape index (κ2) is 12.3. The third kappa shape index (κ3) is 5.57. The van der Waals surface area contributed by atoms with E-state index < -0.39 is 39.9 Å². The Morgan fingerprint density at radius 3 is 2.51 bits per heavy atom. The molecule has 1 aromatic heterocycles. The van der Waals surface area contributed by atoms with Gasteiger partial charge in [0.15, 0.2) is 0 Å². The van der Waals surface area contributed by atoms with E-state index in [-0.39, 0.29) is 0 Å². The first-order chi connectivity index (χ1) is 22.6. The summed E-state index contributed by atoms with van der Waals surface area (Å²) >= 11 is 0. The smallest absolute Gasteiger partial charge is 0.312 e. The summed E-state index contributed by atoms with van der Waals surface area (Å²) in [7, 11) is 0.367. The van der Waals surface area contributed by atoms with Crippen molar-refractivity contribution in [2.45, 2.75) is 62.9 Å². The van der Waals surface area contributed by atoms with Gasteiger partial charge in [-0.3, -0.25) is 14.4 Å². The van der Waals surface area contributed by atoms with Crippen LogP contribution in [0.3, 0.4) is 0 Å². The Labute approximate surface area is 274 Å². The van der Waals surface area contributed by atoms with Gasteiger partial charge in [0.05, 0.1) is 31.4 Å². The van der Waals surface area contributed by atoms with Gasteiger partial charge in [-0.1, -0.05) is 37.5 Å². The van der Waals surface area contributed by atoms with E-state index in [1.165, 1.54) is 31.0 Å². The summed E-state index contributed by atoms with van der Waals surface area (Å²) < 4.78 is 41.9. The number of allylic oxidation sites excluding steroid dienone is 2. The molecule has 250 valence electrons. The number of rotatable bonds is 6. The van der Waals surface area contributed by atoms with Crippen molar-refractivity contribution in [2.75, 3.05) is 47.5 Å². The van der Waals surface area contributed by atoms with E-state index in [1.807, 2.05) is 18.2 Å². The van der Waals surface area contributed by atoms with Crippen molar-refractivity contribution in [1.82, 2.24) is 23.8 Å². The number of hydrogen-bond acceptors (Lipinski definition) is 7. The minimum Gasteiger partial charge on any atom is -0.496 e. The van der Waals surface area contributed by atoms with Gasteiger partial charge in [-0.25, -0.2) is 4.72 Å². The van der Waals surface area contributed by atoms with Gasteiger partial charge in [-0.2, -0.15) is 12.7 Å². The van der Waals surface area contributed by atoms with Crippen LogP contribution in [0.15, 0.2) is 52.6 Å². The van der Waals surface area contributed by atoms with Gasteiger partial charge in [0, 0.05) is 56.8 Å². The fraction of sp³-hybridized carbons (Fsp3) is 0.500. The van der Waals surface area contributed by atoms with Crippen LogP contribution in [0.4, 0.5) is 0 Å². The van der Waals surface area contributed by atoms with Gasteiger partial charge in [0.1, 0.15) is 5.75 Å². The number of nitrogens with one attached hydrogen (secondary N) is 2. The lowest BCUT2D eigenvalue weighted by Crippen LogP contribution is -2.51. The summed E-state index contributed by atoms with van der Waals surface area (Å²) in [6.07, 6.45) is 10.1. The van der Waals surface area contributed by atoms with Crippen molar-refractivity contribution in [3.63, 3.8) is 0 Å². The van der Waals surface area contributed by atoms with Gasteiger partial charge in [-0.15, -0.1) is 0 Å². The van der Waals surface area contributed by atoms with Crippen LogP contribution in [0.2, 0.25) is 0 Å². The standard InChI is InChI=1S/C34H41N5O7S/c1-37(2)47(43,44)36-32(40)30-24-19-39-26(18-23-27(45-3)13-12-21(31(23)39)20-8-5-4-6-9-20)29-22(28(24)30)10-7-11-25(29)35-33(41)34(42)38-14-16-46-17-15-38/h7,10,12-13,18,20,25,29H,4-6,8-9,11,14-17,19H2,1-3H3,(H,35,41)(H,36,40)/t25-,29?/m1/s1. The van der Waals surface area contributed by atoms with Crippen molar-refractivity contribution >= 4 is 38.8 Å². The zero-order valence-electron chi connectivity index (χ0n) is 27.0. The molecule has 12 nitrogen and oxygen atoms in total. The Bertz CT molecular complexity index is 1860. The Kier molecular flexibility index (Phi) is 8.25. The number of morpholine rings is 1. The predicted molar refractivity (Wildman–Crippen MR) is 175 cm³/mol. The van der Waals surface area contributed by atoms with Crippen LogP contribution in [0, 0.1) is 0 Å². The molecule has 1 unspecified atom stereocenters. The normalized spacial score (nSPS) is 22.9. The van der Waals surface area contributed by atoms with Crippen LogP contribution in [-0.4, -0.2) is 93.5 Å². The molecule has 7 rings (SSSR count). The number of carbonyl (C=O) groups is 3. The first-order valence-corrected chi connectivity index (χ1v) is 17.8. The van der Waals surface area contributed by atoms with E-state index >= 15 is 0 Å². The molecule has 5 aliphatic rings. The molecule has 2 aliphatic heterocycles. The number of hydrogen-bond donors (Lipinski definition) is 2. The summed E-state index contributed by atoms with van der Waals surface area (Å²) in [5.41, 5.74) is 5.89. The fourth-order valence-corrected chi connectivity index (χ4v) is 8.33. The molecule has 2 fully saturated rings. The summed E-state index contributed by atoms with van der Waals surface area (Å²) in [6, 6.07) is 5.83. The molecule has 0 bridgehead atoms. The minimum absolute atomic E-state index is 0.353. The monoisotopic (exact) mass is 663 g/mol. The van der Waals surface area contributed by atoms with E-state index in [4.69, 9.17) is 9.47 Å². The molecule has 2 N–H and O–H groups in total. The number of methoxy groups -OCH3 is 1. The zero-order valence-corrected chi connectivity index (χ0v) is 27.8. The van der Waals surface area contributed by atoms with Gasteiger partial charge in [0.2, 0.25) is 0 Å². The highest BCUT2D eigenvalue weighted by Crippen LogP contribution is 2.54. The number of amides is 3. The average molecular weight is 664 g/mol. The molecule has 0 radical (unpaired) electrons. The van der Waals surface area contributed by atoms with Gasteiger partial charge < -0.3 is 24.3 Å². The number of aromatic nitrogens is 1. The van der Waals surface area contributed by atoms with E-state index in [1.54, 1.807) is 7.11 Å². The molecule has 1 saturated carbocycles. The fourth-order valence-electron chi connectivity index (χ4n) is 7.81. The molecular weight excluding hydrogens is 622 g/mol. The third-order valence-electron chi connectivity index (χ3n) is 10.2. The number of nitrogens with zero attached hydrogens (tertiary/aromatic N) is 3. The summed E-state index contributed by atoms with van der Waals surface area (Å²) in [4.78, 5) is 41.7.